The van der Waals surface area contributed by atoms with E-state index >= 15 is 0 Å². The van der Waals surface area contributed by atoms with E-state index in [1.54, 1.807) is 19.6 Å². The average molecular weight is 503 g/mol. The first-order valence-electron chi connectivity index (χ1n) is 9.22. The first kappa shape index (κ1) is 24.1. The van der Waals surface area contributed by atoms with E-state index in [9.17, 15) is 0 Å². The molecule has 0 aliphatic rings. The van der Waals surface area contributed by atoms with E-state index in [2.05, 4.69) is 37.7 Å². The van der Waals surface area contributed by atoms with E-state index in [0.717, 1.165) is 43.4 Å². The van der Waals surface area contributed by atoms with Crippen LogP contribution in [0.15, 0.2) is 29.6 Å². The van der Waals surface area contributed by atoms with Crippen LogP contribution in [0.1, 0.15) is 25.2 Å². The number of pyridine rings is 1. The van der Waals surface area contributed by atoms with Crippen molar-refractivity contribution in [2.75, 3.05) is 33.4 Å². The molecule has 0 bridgehead atoms. The Kier molecular flexibility index (Phi) is 12.1. The Balaban J connectivity index is 0.00000392. The fourth-order valence-corrected chi connectivity index (χ4v) is 2.44. The van der Waals surface area contributed by atoms with Crippen molar-refractivity contribution >= 4 is 29.9 Å². The van der Waals surface area contributed by atoms with Gasteiger partial charge in [0.2, 0.25) is 5.88 Å². The summed E-state index contributed by atoms with van der Waals surface area (Å²) < 4.78 is 12.7. The van der Waals surface area contributed by atoms with Crippen LogP contribution >= 0.6 is 24.0 Å². The fourth-order valence-electron chi connectivity index (χ4n) is 2.44. The molecule has 0 atom stereocenters. The van der Waals surface area contributed by atoms with Crippen molar-refractivity contribution in [2.45, 2.75) is 33.4 Å². The van der Waals surface area contributed by atoms with Gasteiger partial charge in [0.15, 0.2) is 5.96 Å². The van der Waals surface area contributed by atoms with Crippen LogP contribution in [0.25, 0.3) is 0 Å². The molecule has 156 valence electrons. The highest BCUT2D eigenvalue weighted by Crippen LogP contribution is 2.15. The maximum absolute atomic E-state index is 5.66. The Hall–Kier alpha value is -1.95. The number of hydrogen-bond acceptors (Lipinski definition) is 6. The molecule has 9 nitrogen and oxygen atoms in total. The first-order chi connectivity index (χ1) is 13.3. The maximum atomic E-state index is 5.66. The van der Waals surface area contributed by atoms with Gasteiger partial charge in [-0.1, -0.05) is 13.0 Å². The van der Waals surface area contributed by atoms with Gasteiger partial charge in [0.25, 0.3) is 0 Å². The predicted octanol–water partition coefficient (Wildman–Crippen LogP) is 1.63. The van der Waals surface area contributed by atoms with Crippen LogP contribution in [-0.2, 0) is 24.2 Å². The topological polar surface area (TPSA) is 98.5 Å². The van der Waals surface area contributed by atoms with Gasteiger partial charge in [0.1, 0.15) is 18.8 Å². The lowest BCUT2D eigenvalue weighted by atomic mass is 10.3. The fraction of sp³-hybridized carbons (Fsp3) is 0.556. The van der Waals surface area contributed by atoms with Gasteiger partial charge in [-0.3, -0.25) is 0 Å². The van der Waals surface area contributed by atoms with Crippen LogP contribution in [0.5, 0.6) is 5.88 Å². The molecule has 28 heavy (non-hydrogen) atoms. The summed E-state index contributed by atoms with van der Waals surface area (Å²) in [6.07, 6.45) is 4.33. The second-order valence-corrected chi connectivity index (χ2v) is 5.72. The molecule has 2 aromatic heterocycles. The number of aromatic nitrogens is 4. The maximum Gasteiger partial charge on any atom is 0.218 e. The Bertz CT molecular complexity index is 709. The molecule has 2 N–H and O–H groups in total. The molecule has 0 amide bonds. The third-order valence-corrected chi connectivity index (χ3v) is 3.79. The van der Waals surface area contributed by atoms with E-state index in [1.807, 2.05) is 23.6 Å². The summed E-state index contributed by atoms with van der Waals surface area (Å²) in [5.74, 6) is 2.31. The molecule has 0 radical (unpaired) electrons. The summed E-state index contributed by atoms with van der Waals surface area (Å²) in [7, 11) is 1.64. The van der Waals surface area contributed by atoms with E-state index in [-0.39, 0.29) is 24.0 Å². The highest BCUT2D eigenvalue weighted by Gasteiger charge is 2.06. The lowest BCUT2D eigenvalue weighted by molar-refractivity contribution is 0.143. The van der Waals surface area contributed by atoms with Crippen LogP contribution in [0.2, 0.25) is 0 Å². The summed E-state index contributed by atoms with van der Waals surface area (Å²) in [5, 5.41) is 14.6. The van der Waals surface area contributed by atoms with Crippen LogP contribution < -0.4 is 15.4 Å². The largest absolute Gasteiger partial charge is 0.475 e. The lowest BCUT2D eigenvalue weighted by Gasteiger charge is -2.13. The molecule has 0 aliphatic carbocycles. The van der Waals surface area contributed by atoms with Crippen molar-refractivity contribution in [1.29, 1.82) is 0 Å². The summed E-state index contributed by atoms with van der Waals surface area (Å²) in [6, 6.07) is 3.85. The van der Waals surface area contributed by atoms with Crippen LogP contribution in [0.3, 0.4) is 0 Å². The standard InChI is InChI=1S/C18H29N7O2.HI/c1-4-16-24-23-14-25(16)10-9-21-18(19-5-2)22-13-15-7-6-8-20-17(15)27-12-11-26-3;/h6-8,14H,4-5,9-13H2,1-3H3,(H2,19,21,22);1H. The summed E-state index contributed by atoms with van der Waals surface area (Å²) in [4.78, 5) is 8.92. The molecule has 2 aromatic rings. The Morgan fingerprint density at radius 1 is 1.25 bits per heavy atom. The van der Waals surface area contributed by atoms with Gasteiger partial charge in [-0.15, -0.1) is 34.2 Å². The van der Waals surface area contributed by atoms with Crippen molar-refractivity contribution in [3.8, 4) is 5.88 Å². The van der Waals surface area contributed by atoms with Crippen LogP contribution in [-0.4, -0.2) is 59.1 Å². The minimum absolute atomic E-state index is 0. The molecule has 2 rings (SSSR count). The smallest absolute Gasteiger partial charge is 0.218 e. The van der Waals surface area contributed by atoms with Crippen LogP contribution in [0, 0.1) is 0 Å². The van der Waals surface area contributed by atoms with Gasteiger partial charge >= 0.3 is 0 Å². The van der Waals surface area contributed by atoms with Gasteiger partial charge < -0.3 is 24.7 Å². The van der Waals surface area contributed by atoms with Crippen molar-refractivity contribution < 1.29 is 9.47 Å². The minimum Gasteiger partial charge on any atom is -0.475 e. The Morgan fingerprint density at radius 3 is 2.86 bits per heavy atom. The summed E-state index contributed by atoms with van der Waals surface area (Å²) in [5.41, 5.74) is 0.929. The highest BCUT2D eigenvalue weighted by atomic mass is 127. The number of rotatable bonds is 11. The van der Waals surface area contributed by atoms with E-state index in [0.29, 0.717) is 25.6 Å². The quantitative estimate of drug-likeness (QED) is 0.208. The number of ether oxygens (including phenoxy) is 2. The van der Waals surface area contributed by atoms with Gasteiger partial charge in [-0.25, -0.2) is 9.98 Å². The molecule has 0 aliphatic heterocycles. The molecule has 2 heterocycles. The zero-order chi connectivity index (χ0) is 19.3. The second kappa shape index (κ2) is 14.1. The molecule has 0 aromatic carbocycles. The third-order valence-electron chi connectivity index (χ3n) is 3.79. The average Bonchev–Trinajstić information content (AvgIpc) is 3.14. The van der Waals surface area contributed by atoms with Crippen molar-refractivity contribution in [3.63, 3.8) is 0 Å². The lowest BCUT2D eigenvalue weighted by Crippen LogP contribution is -2.39. The molecule has 0 fully saturated rings. The molecule has 0 saturated heterocycles. The normalized spacial score (nSPS) is 11.0. The zero-order valence-corrected chi connectivity index (χ0v) is 19.1. The molecular weight excluding hydrogens is 473 g/mol. The number of hydrogen-bond donors (Lipinski definition) is 2. The molecule has 0 saturated carbocycles. The monoisotopic (exact) mass is 503 g/mol. The second-order valence-electron chi connectivity index (χ2n) is 5.72. The van der Waals surface area contributed by atoms with Gasteiger partial charge in [-0.05, 0) is 13.0 Å². The summed E-state index contributed by atoms with van der Waals surface area (Å²) in [6.45, 7) is 7.84. The SMILES string of the molecule is CCNC(=NCc1cccnc1OCCOC)NCCn1cnnc1CC.I. The van der Waals surface area contributed by atoms with Gasteiger partial charge in [0, 0.05) is 44.9 Å². The highest BCUT2D eigenvalue weighted by molar-refractivity contribution is 14.0. The number of aryl methyl sites for hydroxylation is 1. The number of halogens is 1. The number of aliphatic imine (C=N–C) groups is 1. The Morgan fingerprint density at radius 2 is 2.11 bits per heavy atom. The number of nitrogens with zero attached hydrogens (tertiary/aromatic N) is 5. The predicted molar refractivity (Wildman–Crippen MR) is 119 cm³/mol. The Labute approximate surface area is 183 Å². The summed E-state index contributed by atoms with van der Waals surface area (Å²) >= 11 is 0. The van der Waals surface area contributed by atoms with Crippen molar-refractivity contribution in [1.82, 2.24) is 30.4 Å². The zero-order valence-electron chi connectivity index (χ0n) is 16.7. The van der Waals surface area contributed by atoms with Crippen molar-refractivity contribution in [3.05, 3.63) is 36.0 Å². The number of guanidine groups is 1. The van der Waals surface area contributed by atoms with Crippen molar-refractivity contribution in [2.24, 2.45) is 4.99 Å². The number of nitrogens with one attached hydrogen (secondary N) is 2. The molecule has 10 heteroatoms. The van der Waals surface area contributed by atoms with E-state index in [4.69, 9.17) is 9.47 Å². The van der Waals surface area contributed by atoms with E-state index < -0.39 is 0 Å². The molecule has 0 unspecified atom stereocenters. The minimum atomic E-state index is 0. The number of methoxy groups -OCH3 is 1. The van der Waals surface area contributed by atoms with Crippen LogP contribution in [0.4, 0.5) is 0 Å². The van der Waals surface area contributed by atoms with Gasteiger partial charge in [-0.2, -0.15) is 0 Å². The van der Waals surface area contributed by atoms with E-state index in [1.165, 1.54) is 0 Å². The molecular formula is C18H30IN7O2. The third kappa shape index (κ3) is 7.97. The first-order valence-corrected chi connectivity index (χ1v) is 9.22. The van der Waals surface area contributed by atoms with Gasteiger partial charge in [0.05, 0.1) is 13.2 Å². The molecule has 0 spiro atoms.